The Morgan fingerprint density at radius 1 is 1.27 bits per heavy atom. The van der Waals surface area contributed by atoms with E-state index in [0.29, 0.717) is 31.7 Å². The second-order valence-electron chi connectivity index (χ2n) is 8.51. The molecule has 1 amide bonds. The maximum Gasteiger partial charge on any atom is 0.266 e. The van der Waals surface area contributed by atoms with Crippen molar-refractivity contribution < 1.29 is 22.7 Å². The fourth-order valence-electron chi connectivity index (χ4n) is 4.30. The first-order valence-electron chi connectivity index (χ1n) is 10.3. The standard InChI is InChI=1S/C22H20F3N5O3/c1-29-19-14(5-15(20(29)31)21(32)30-7-22(8-30)9-33-10-22)18(27-11-28-19)26-6-12-3-2-4-13(16(12)23)17(24)25/h2-5,11,17H,6-10H2,1H3,(H,26,27,28). The second kappa shape index (κ2) is 7.84. The van der Waals surface area contributed by atoms with Crippen molar-refractivity contribution in [2.45, 2.75) is 13.0 Å². The number of benzene rings is 1. The second-order valence-corrected chi connectivity index (χ2v) is 8.51. The van der Waals surface area contributed by atoms with Gasteiger partial charge in [0.15, 0.2) is 0 Å². The first-order valence-corrected chi connectivity index (χ1v) is 10.3. The molecule has 2 fully saturated rings. The minimum Gasteiger partial charge on any atom is -0.380 e. The Labute approximate surface area is 186 Å². The molecule has 11 heteroatoms. The molecule has 0 atom stereocenters. The molecule has 2 aromatic heterocycles. The Balaban J connectivity index is 1.46. The molecule has 0 radical (unpaired) electrons. The SMILES string of the molecule is Cn1c(=O)c(C(=O)N2CC3(COC3)C2)cc2c(NCc3cccc(C(F)F)c3F)ncnc21. The molecule has 0 aliphatic carbocycles. The molecule has 0 unspecified atom stereocenters. The van der Waals surface area contributed by atoms with Gasteiger partial charge in [-0.15, -0.1) is 0 Å². The number of rotatable bonds is 5. The number of aryl methyl sites for hydroxylation is 1. The van der Waals surface area contributed by atoms with Crippen LogP contribution in [0.2, 0.25) is 0 Å². The van der Waals surface area contributed by atoms with Crippen LogP contribution in [-0.2, 0) is 18.3 Å². The van der Waals surface area contributed by atoms with Gasteiger partial charge in [0.1, 0.15) is 29.2 Å². The number of carbonyl (C=O) groups is 1. The van der Waals surface area contributed by atoms with Crippen LogP contribution in [0.15, 0.2) is 35.4 Å². The number of likely N-dealkylation sites (tertiary alicyclic amines) is 1. The van der Waals surface area contributed by atoms with Gasteiger partial charge in [0.25, 0.3) is 17.9 Å². The van der Waals surface area contributed by atoms with Crippen LogP contribution in [0.4, 0.5) is 19.0 Å². The van der Waals surface area contributed by atoms with Crippen LogP contribution < -0.4 is 10.9 Å². The van der Waals surface area contributed by atoms with E-state index < -0.39 is 23.4 Å². The number of carbonyl (C=O) groups excluding carboxylic acids is 1. The first kappa shape index (κ1) is 21.4. The van der Waals surface area contributed by atoms with Crippen LogP contribution in [-0.4, -0.2) is 51.6 Å². The lowest BCUT2D eigenvalue weighted by atomic mass is 9.78. The van der Waals surface area contributed by atoms with E-state index in [1.54, 1.807) is 4.90 Å². The van der Waals surface area contributed by atoms with E-state index in [9.17, 15) is 22.8 Å². The lowest BCUT2D eigenvalue weighted by molar-refractivity contribution is -0.176. The summed E-state index contributed by atoms with van der Waals surface area (Å²) in [4.78, 5) is 35.7. The Hall–Kier alpha value is -3.47. The summed E-state index contributed by atoms with van der Waals surface area (Å²) in [5, 5.41) is 3.30. The van der Waals surface area contributed by atoms with Gasteiger partial charge >= 0.3 is 0 Å². The average molecular weight is 459 g/mol. The number of nitrogens with one attached hydrogen (secondary N) is 1. The zero-order chi connectivity index (χ0) is 23.3. The van der Waals surface area contributed by atoms with Crippen LogP contribution >= 0.6 is 0 Å². The van der Waals surface area contributed by atoms with Gasteiger partial charge in [0.05, 0.1) is 29.6 Å². The molecule has 4 heterocycles. The summed E-state index contributed by atoms with van der Waals surface area (Å²) in [6.45, 7) is 2.15. The third-order valence-corrected chi connectivity index (χ3v) is 6.18. The zero-order valence-corrected chi connectivity index (χ0v) is 17.6. The lowest BCUT2D eigenvalue weighted by Crippen LogP contribution is -2.67. The van der Waals surface area contributed by atoms with Crippen molar-refractivity contribution >= 4 is 22.8 Å². The maximum absolute atomic E-state index is 14.4. The predicted octanol–water partition coefficient (Wildman–Crippen LogP) is 2.49. The number of alkyl halides is 2. The van der Waals surface area contributed by atoms with Gasteiger partial charge in [0, 0.05) is 32.2 Å². The third-order valence-electron chi connectivity index (χ3n) is 6.18. The van der Waals surface area contributed by atoms with Gasteiger partial charge in [-0.3, -0.25) is 14.2 Å². The molecule has 2 aliphatic heterocycles. The largest absolute Gasteiger partial charge is 0.380 e. The number of ether oxygens (including phenoxy) is 1. The zero-order valence-electron chi connectivity index (χ0n) is 17.6. The molecule has 0 saturated carbocycles. The fourth-order valence-corrected chi connectivity index (χ4v) is 4.30. The fraction of sp³-hybridized carbons (Fsp3) is 0.364. The van der Waals surface area contributed by atoms with Crippen molar-refractivity contribution in [2.75, 3.05) is 31.6 Å². The van der Waals surface area contributed by atoms with E-state index in [-0.39, 0.29) is 40.5 Å². The molecule has 2 aliphatic rings. The number of hydrogen-bond acceptors (Lipinski definition) is 6. The summed E-state index contributed by atoms with van der Waals surface area (Å²) >= 11 is 0. The quantitative estimate of drug-likeness (QED) is 0.631. The minimum absolute atomic E-state index is 0.00437. The Morgan fingerprint density at radius 3 is 2.70 bits per heavy atom. The van der Waals surface area contributed by atoms with E-state index in [0.717, 1.165) is 6.07 Å². The summed E-state index contributed by atoms with van der Waals surface area (Å²) in [5.74, 6) is -1.13. The molecule has 5 rings (SSSR count). The van der Waals surface area contributed by atoms with Gasteiger partial charge in [-0.25, -0.2) is 23.1 Å². The topological polar surface area (TPSA) is 89.4 Å². The number of amides is 1. The number of halogens is 3. The summed E-state index contributed by atoms with van der Waals surface area (Å²) in [5.41, 5.74) is -0.869. The normalized spacial score (nSPS) is 16.7. The van der Waals surface area contributed by atoms with Crippen LogP contribution in [0, 0.1) is 11.2 Å². The Bertz CT molecular complexity index is 1310. The smallest absolute Gasteiger partial charge is 0.266 e. The highest BCUT2D eigenvalue weighted by atomic mass is 19.3. The first-order chi connectivity index (χ1) is 15.8. The molecule has 3 aromatic rings. The summed E-state index contributed by atoms with van der Waals surface area (Å²) in [6.07, 6.45) is -1.70. The summed E-state index contributed by atoms with van der Waals surface area (Å²) in [6, 6.07) is 5.21. The van der Waals surface area contributed by atoms with Crippen molar-refractivity contribution in [3.05, 3.63) is 63.5 Å². The minimum atomic E-state index is -2.93. The van der Waals surface area contributed by atoms with Gasteiger partial charge < -0.3 is 15.0 Å². The van der Waals surface area contributed by atoms with Crippen molar-refractivity contribution in [3.63, 3.8) is 0 Å². The number of hydrogen-bond donors (Lipinski definition) is 1. The van der Waals surface area contributed by atoms with E-state index in [2.05, 4.69) is 15.3 Å². The Morgan fingerprint density at radius 2 is 2.03 bits per heavy atom. The van der Waals surface area contributed by atoms with Crippen LogP contribution in [0.1, 0.15) is 27.9 Å². The predicted molar refractivity (Wildman–Crippen MR) is 113 cm³/mol. The van der Waals surface area contributed by atoms with Gasteiger partial charge in [0.2, 0.25) is 0 Å². The molecule has 1 spiro atoms. The van der Waals surface area contributed by atoms with Crippen molar-refractivity contribution in [1.82, 2.24) is 19.4 Å². The number of pyridine rings is 1. The highest BCUT2D eigenvalue weighted by molar-refractivity contribution is 5.99. The summed E-state index contributed by atoms with van der Waals surface area (Å²) < 4.78 is 46.9. The Kier molecular flexibility index (Phi) is 5.08. The molecule has 33 heavy (non-hydrogen) atoms. The van der Waals surface area contributed by atoms with E-state index in [1.807, 2.05) is 0 Å². The van der Waals surface area contributed by atoms with Crippen molar-refractivity contribution in [2.24, 2.45) is 12.5 Å². The monoisotopic (exact) mass is 459 g/mol. The highest BCUT2D eigenvalue weighted by Crippen LogP contribution is 2.38. The van der Waals surface area contributed by atoms with Gasteiger partial charge in [-0.05, 0) is 6.07 Å². The number of anilines is 1. The molecule has 1 aromatic carbocycles. The van der Waals surface area contributed by atoms with Gasteiger partial charge in [-0.1, -0.05) is 18.2 Å². The number of nitrogens with zero attached hydrogens (tertiary/aromatic N) is 4. The number of fused-ring (bicyclic) bond motifs is 1. The van der Waals surface area contributed by atoms with E-state index >= 15 is 0 Å². The van der Waals surface area contributed by atoms with Crippen LogP contribution in [0.3, 0.4) is 0 Å². The molecular weight excluding hydrogens is 439 g/mol. The number of aromatic nitrogens is 3. The molecular formula is C22H20F3N5O3. The molecule has 0 bridgehead atoms. The maximum atomic E-state index is 14.4. The van der Waals surface area contributed by atoms with Crippen molar-refractivity contribution in [3.8, 4) is 0 Å². The van der Waals surface area contributed by atoms with Crippen LogP contribution in [0.25, 0.3) is 11.0 Å². The van der Waals surface area contributed by atoms with E-state index in [4.69, 9.17) is 4.74 Å². The summed E-state index contributed by atoms with van der Waals surface area (Å²) in [7, 11) is 1.50. The molecule has 8 nitrogen and oxygen atoms in total. The highest BCUT2D eigenvalue weighted by Gasteiger charge is 2.51. The average Bonchev–Trinajstić information content (AvgIpc) is 2.73. The van der Waals surface area contributed by atoms with Crippen molar-refractivity contribution in [1.29, 1.82) is 0 Å². The lowest BCUT2D eigenvalue weighted by Gasteiger charge is -2.54. The molecule has 172 valence electrons. The molecule has 1 N–H and O–H groups in total. The van der Waals surface area contributed by atoms with Gasteiger partial charge in [-0.2, -0.15) is 0 Å². The van der Waals surface area contributed by atoms with Crippen LogP contribution in [0.5, 0.6) is 0 Å². The third kappa shape index (κ3) is 3.52. The molecule has 2 saturated heterocycles. The van der Waals surface area contributed by atoms with E-state index in [1.165, 1.54) is 36.1 Å².